The van der Waals surface area contributed by atoms with E-state index in [1.54, 1.807) is 0 Å². The van der Waals surface area contributed by atoms with Gasteiger partial charge >= 0.3 is 39.5 Å². The summed E-state index contributed by atoms with van der Waals surface area (Å²) < 4.78 is 68.3. The van der Waals surface area contributed by atoms with Gasteiger partial charge in [0.2, 0.25) is 0 Å². The van der Waals surface area contributed by atoms with Crippen LogP contribution in [0.4, 0.5) is 0 Å². The summed E-state index contributed by atoms with van der Waals surface area (Å²) in [6, 6.07) is 0. The van der Waals surface area contributed by atoms with E-state index in [0.717, 1.165) is 114 Å². The molecule has 5 atom stereocenters. The second-order valence-electron chi connectivity index (χ2n) is 27.5. The van der Waals surface area contributed by atoms with Crippen LogP contribution >= 0.6 is 15.6 Å². The largest absolute Gasteiger partial charge is 0.472 e. The zero-order chi connectivity index (χ0) is 66.8. The summed E-state index contributed by atoms with van der Waals surface area (Å²) in [5.41, 5.74) is 0. The first-order valence-corrected chi connectivity index (χ1v) is 39.7. The minimum absolute atomic E-state index is 0.104. The lowest BCUT2D eigenvalue weighted by Crippen LogP contribution is -2.30. The van der Waals surface area contributed by atoms with Crippen molar-refractivity contribution >= 4 is 39.5 Å². The lowest BCUT2D eigenvalue weighted by molar-refractivity contribution is -0.161. The summed E-state index contributed by atoms with van der Waals surface area (Å²) >= 11 is 0. The van der Waals surface area contributed by atoms with E-state index in [9.17, 15) is 43.2 Å². The number of carbonyl (C=O) groups excluding carboxylic acids is 4. The first-order chi connectivity index (χ1) is 43.1. The smallest absolute Gasteiger partial charge is 0.462 e. The van der Waals surface area contributed by atoms with Gasteiger partial charge in [-0.15, -0.1) is 0 Å². The number of ether oxygens (including phenoxy) is 4. The van der Waals surface area contributed by atoms with Gasteiger partial charge in [-0.3, -0.25) is 37.3 Å². The van der Waals surface area contributed by atoms with Gasteiger partial charge in [0.15, 0.2) is 12.2 Å². The third kappa shape index (κ3) is 64.8. The molecular weight excluding hydrogens is 1190 g/mol. The zero-order valence-corrected chi connectivity index (χ0v) is 60.6. The summed E-state index contributed by atoms with van der Waals surface area (Å²) in [6.45, 7) is 14.1. The molecule has 0 rings (SSSR count). The van der Waals surface area contributed by atoms with Crippen molar-refractivity contribution in [1.29, 1.82) is 0 Å². The number of hydrogen-bond donors (Lipinski definition) is 3. The lowest BCUT2D eigenvalue weighted by atomic mass is 10.0. The summed E-state index contributed by atoms with van der Waals surface area (Å²) in [7, 11) is -9.90. The van der Waals surface area contributed by atoms with E-state index in [4.69, 9.17) is 37.0 Å². The predicted molar refractivity (Wildman–Crippen MR) is 363 cm³/mol. The highest BCUT2D eigenvalue weighted by Crippen LogP contribution is 2.45. The number of rotatable bonds is 68. The molecule has 19 heteroatoms. The van der Waals surface area contributed by atoms with Crippen molar-refractivity contribution in [1.82, 2.24) is 0 Å². The maximum atomic E-state index is 13.0. The summed E-state index contributed by atoms with van der Waals surface area (Å²) in [5, 5.41) is 10.6. The molecule has 0 aliphatic carbocycles. The van der Waals surface area contributed by atoms with Crippen LogP contribution in [0.15, 0.2) is 0 Å². The first-order valence-electron chi connectivity index (χ1n) is 36.7. The van der Waals surface area contributed by atoms with Gasteiger partial charge in [-0.25, -0.2) is 9.13 Å². The number of aliphatic hydroxyl groups is 1. The highest BCUT2D eigenvalue weighted by Gasteiger charge is 2.30. The molecule has 3 unspecified atom stereocenters. The van der Waals surface area contributed by atoms with Crippen LogP contribution < -0.4 is 0 Å². The average Bonchev–Trinajstić information content (AvgIpc) is 3.13. The van der Waals surface area contributed by atoms with Gasteiger partial charge in [0, 0.05) is 25.7 Å². The SMILES string of the molecule is CC(C)CCCCCCCCCCCCCCC(=O)OC[C@H](COP(=O)(O)OCC(O)COP(=O)(O)OC[C@@H](COC(=O)CCCCCCCCCCC(C)C)OC(=O)CCCCCCCCCCCCC(C)C)OC(=O)CCCCCCCCCCC(C)C. The fraction of sp³-hybridized carbons (Fsp3) is 0.944. The van der Waals surface area contributed by atoms with E-state index >= 15 is 0 Å². The molecule has 90 heavy (non-hydrogen) atoms. The van der Waals surface area contributed by atoms with E-state index in [-0.39, 0.29) is 25.7 Å². The third-order valence-corrected chi connectivity index (χ3v) is 18.2. The molecule has 0 fully saturated rings. The van der Waals surface area contributed by atoms with Gasteiger partial charge in [0.1, 0.15) is 19.3 Å². The molecule has 0 aliphatic rings. The van der Waals surface area contributed by atoms with Gasteiger partial charge in [0.25, 0.3) is 0 Å². The van der Waals surface area contributed by atoms with Crippen molar-refractivity contribution in [3.63, 3.8) is 0 Å². The van der Waals surface area contributed by atoms with Crippen molar-refractivity contribution in [2.45, 2.75) is 369 Å². The molecule has 0 saturated carbocycles. The van der Waals surface area contributed by atoms with Crippen LogP contribution in [0, 0.1) is 23.7 Å². The van der Waals surface area contributed by atoms with Crippen LogP contribution in [0.2, 0.25) is 0 Å². The Hall–Kier alpha value is -1.94. The topological polar surface area (TPSA) is 237 Å². The Morgan fingerprint density at radius 3 is 0.689 bits per heavy atom. The molecule has 0 aromatic carbocycles. The Morgan fingerprint density at radius 1 is 0.278 bits per heavy atom. The minimum atomic E-state index is -4.95. The monoisotopic (exact) mass is 1320 g/mol. The molecule has 0 spiro atoms. The maximum Gasteiger partial charge on any atom is 0.472 e. The lowest BCUT2D eigenvalue weighted by Gasteiger charge is -2.21. The van der Waals surface area contributed by atoms with Crippen LogP contribution in [0.5, 0.6) is 0 Å². The molecule has 0 aliphatic heterocycles. The molecule has 0 amide bonds. The molecule has 0 aromatic rings. The number of esters is 4. The minimum Gasteiger partial charge on any atom is -0.462 e. The third-order valence-electron chi connectivity index (χ3n) is 16.3. The quantitative estimate of drug-likeness (QED) is 0.0222. The summed E-state index contributed by atoms with van der Waals surface area (Å²) in [4.78, 5) is 72.6. The van der Waals surface area contributed by atoms with Crippen LogP contribution in [0.1, 0.15) is 351 Å². The fourth-order valence-corrected chi connectivity index (χ4v) is 12.2. The highest BCUT2D eigenvalue weighted by molar-refractivity contribution is 7.47. The molecule has 17 nitrogen and oxygen atoms in total. The molecular formula is C71H138O17P2. The van der Waals surface area contributed by atoms with Crippen molar-refractivity contribution in [2.24, 2.45) is 23.7 Å². The highest BCUT2D eigenvalue weighted by atomic mass is 31.2. The Bertz CT molecular complexity index is 1780. The van der Waals surface area contributed by atoms with Crippen LogP contribution in [-0.4, -0.2) is 96.7 Å². The number of hydrogen-bond acceptors (Lipinski definition) is 15. The molecule has 0 aromatic heterocycles. The normalized spacial score (nSPS) is 14.3. The van der Waals surface area contributed by atoms with Gasteiger partial charge in [-0.05, 0) is 49.4 Å². The van der Waals surface area contributed by atoms with Gasteiger partial charge < -0.3 is 33.8 Å². The van der Waals surface area contributed by atoms with Crippen molar-refractivity contribution in [2.75, 3.05) is 39.6 Å². The average molecular weight is 1330 g/mol. The van der Waals surface area contributed by atoms with Gasteiger partial charge in [0.05, 0.1) is 26.4 Å². The van der Waals surface area contributed by atoms with E-state index in [0.29, 0.717) is 25.7 Å². The standard InChI is InChI=1S/C71H138O17P2/c1-61(2)47-39-31-23-15-11-9-10-12-17-27-35-43-51-68(73)81-57-67(88-71(76)54-46-38-30-22-20-26-34-42-50-64(7)8)60-86-90(79,80)84-56-65(72)55-83-89(77,78)85-59-66(58-82-69(74)52-44-36-28-21-19-25-33-41-49-63(5)6)87-70(75)53-45-37-29-18-14-13-16-24-32-40-48-62(3)4/h61-67,72H,9-60H2,1-8H3,(H,77,78)(H,79,80)/t65?,66-,67-/m1/s1. The number of phosphoric acid groups is 2. The van der Waals surface area contributed by atoms with Crippen LogP contribution in [-0.2, 0) is 65.4 Å². The first kappa shape index (κ1) is 88.1. The molecule has 0 radical (unpaired) electrons. The van der Waals surface area contributed by atoms with E-state index in [1.165, 1.54) is 154 Å². The number of unbranched alkanes of at least 4 members (excludes halogenated alkanes) is 34. The fourth-order valence-electron chi connectivity index (χ4n) is 10.7. The molecule has 0 bridgehead atoms. The summed E-state index contributed by atoms with van der Waals surface area (Å²) in [6.07, 6.45) is 43.1. The zero-order valence-electron chi connectivity index (χ0n) is 58.8. The second kappa shape index (κ2) is 60.7. The number of carbonyl (C=O) groups is 4. The summed E-state index contributed by atoms with van der Waals surface area (Å²) in [5.74, 6) is 0.849. The van der Waals surface area contributed by atoms with Gasteiger partial charge in [-0.2, -0.15) is 0 Å². The Balaban J connectivity index is 5.25. The van der Waals surface area contributed by atoms with Crippen molar-refractivity contribution in [3.05, 3.63) is 0 Å². The van der Waals surface area contributed by atoms with Crippen LogP contribution in [0.25, 0.3) is 0 Å². The maximum absolute atomic E-state index is 13.0. The van der Waals surface area contributed by atoms with Crippen molar-refractivity contribution in [3.8, 4) is 0 Å². The molecule has 3 N–H and O–H groups in total. The second-order valence-corrected chi connectivity index (χ2v) is 30.4. The predicted octanol–water partition coefficient (Wildman–Crippen LogP) is 20.1. The Labute approximate surface area is 549 Å². The van der Waals surface area contributed by atoms with Crippen LogP contribution in [0.3, 0.4) is 0 Å². The number of aliphatic hydroxyl groups excluding tert-OH is 1. The Morgan fingerprint density at radius 2 is 0.467 bits per heavy atom. The van der Waals surface area contributed by atoms with E-state index < -0.39 is 97.5 Å². The molecule has 0 saturated heterocycles. The molecule has 534 valence electrons. The number of phosphoric ester groups is 2. The van der Waals surface area contributed by atoms with E-state index in [2.05, 4.69) is 55.4 Å². The Kier molecular flexibility index (Phi) is 59.4. The van der Waals surface area contributed by atoms with Gasteiger partial charge in [-0.1, -0.05) is 299 Å². The molecule has 0 heterocycles. The van der Waals surface area contributed by atoms with E-state index in [1.807, 2.05) is 0 Å². The van der Waals surface area contributed by atoms with Crippen molar-refractivity contribution < 1.29 is 80.2 Å².